The molecule has 0 bridgehead atoms. The van der Waals surface area contributed by atoms with Crippen LogP contribution in [0.1, 0.15) is 25.6 Å². The Morgan fingerprint density at radius 2 is 1.73 bits per heavy atom. The van der Waals surface area contributed by atoms with Crippen LogP contribution in [-0.4, -0.2) is 17.1 Å². The predicted octanol–water partition coefficient (Wildman–Crippen LogP) is 5.27. The van der Waals surface area contributed by atoms with Crippen molar-refractivity contribution >= 4 is 46.4 Å². The summed E-state index contributed by atoms with van der Waals surface area (Å²) in [5.74, 6) is 0.232. The molecule has 0 aliphatic rings. The average molecular weight is 402 g/mol. The Hall–Kier alpha value is -2.08. The lowest BCUT2D eigenvalue weighted by molar-refractivity contribution is 0.0894. The molecule has 0 radical (unpaired) electrons. The van der Waals surface area contributed by atoms with Gasteiger partial charge in [0.15, 0.2) is 5.78 Å². The van der Waals surface area contributed by atoms with Crippen molar-refractivity contribution in [2.45, 2.75) is 11.1 Å². The number of hydrogen-bond acceptors (Lipinski definition) is 4. The number of Topliss-reactive ketones (excluding diaryl/α,β-unsaturated/α-hetero) is 1. The number of carbonyl (C=O) groups is 2. The third-order valence-electron chi connectivity index (χ3n) is 3.63. The molecule has 3 rings (SSSR count). The molecule has 1 unspecified atom stereocenters. The van der Waals surface area contributed by atoms with Gasteiger partial charge in [-0.15, -0.1) is 23.1 Å². The number of amides is 1. The number of benzene rings is 2. The molecule has 2 aromatic carbocycles. The fraction of sp³-hybridized carbons (Fsp3) is 0.100. The minimum atomic E-state index is -0.675. The zero-order valence-electron chi connectivity index (χ0n) is 13.7. The predicted molar refractivity (Wildman–Crippen MR) is 109 cm³/mol. The van der Waals surface area contributed by atoms with Gasteiger partial charge >= 0.3 is 0 Å². The highest BCUT2D eigenvalue weighted by molar-refractivity contribution is 7.99. The molecule has 3 aromatic rings. The van der Waals surface area contributed by atoms with Crippen molar-refractivity contribution in [1.29, 1.82) is 0 Å². The van der Waals surface area contributed by atoms with Crippen LogP contribution in [0.15, 0.2) is 72.1 Å². The van der Waals surface area contributed by atoms with Crippen molar-refractivity contribution < 1.29 is 9.59 Å². The highest BCUT2D eigenvalue weighted by atomic mass is 35.5. The normalized spacial score (nSPS) is 11.7. The molecule has 1 amide bonds. The summed E-state index contributed by atoms with van der Waals surface area (Å²) >= 11 is 8.65. The minimum Gasteiger partial charge on any atom is -0.332 e. The summed E-state index contributed by atoms with van der Waals surface area (Å²) in [6.45, 7) is 0. The second-order valence-corrected chi connectivity index (χ2v) is 7.98. The van der Waals surface area contributed by atoms with Crippen LogP contribution in [-0.2, 0) is 5.75 Å². The largest absolute Gasteiger partial charge is 0.332 e. The Labute approximate surface area is 165 Å². The number of rotatable bonds is 7. The maximum absolute atomic E-state index is 12.9. The number of ketones is 1. The maximum Gasteiger partial charge on any atom is 0.262 e. The second-order valence-electron chi connectivity index (χ2n) is 5.50. The Morgan fingerprint density at radius 3 is 2.38 bits per heavy atom. The fourth-order valence-electron chi connectivity index (χ4n) is 2.30. The number of thiophene rings is 1. The van der Waals surface area contributed by atoms with Gasteiger partial charge in [-0.25, -0.2) is 0 Å². The minimum absolute atomic E-state index is 0.146. The maximum atomic E-state index is 12.9. The third kappa shape index (κ3) is 4.97. The van der Waals surface area contributed by atoms with Crippen LogP contribution in [0.2, 0.25) is 5.02 Å². The van der Waals surface area contributed by atoms with E-state index in [1.807, 2.05) is 41.8 Å². The van der Waals surface area contributed by atoms with Crippen LogP contribution in [0.3, 0.4) is 0 Å². The molecular weight excluding hydrogens is 386 g/mol. The van der Waals surface area contributed by atoms with Crippen molar-refractivity contribution in [1.82, 2.24) is 5.32 Å². The van der Waals surface area contributed by atoms with E-state index in [1.165, 1.54) is 23.1 Å². The highest BCUT2D eigenvalue weighted by Gasteiger charge is 2.23. The van der Waals surface area contributed by atoms with E-state index in [1.54, 1.807) is 30.3 Å². The van der Waals surface area contributed by atoms with Crippen LogP contribution < -0.4 is 5.32 Å². The third-order valence-corrected chi connectivity index (χ3v) is 5.92. The van der Waals surface area contributed by atoms with Crippen LogP contribution in [0.5, 0.6) is 0 Å². The number of halogens is 1. The van der Waals surface area contributed by atoms with Crippen LogP contribution in [0, 0.1) is 0 Å². The lowest BCUT2D eigenvalue weighted by atomic mass is 10.1. The first-order valence-electron chi connectivity index (χ1n) is 7.93. The zero-order chi connectivity index (χ0) is 18.4. The molecule has 132 valence electrons. The molecule has 0 aliphatic heterocycles. The first-order chi connectivity index (χ1) is 12.6. The molecule has 26 heavy (non-hydrogen) atoms. The molecule has 0 aliphatic carbocycles. The van der Waals surface area contributed by atoms with E-state index >= 15 is 0 Å². The summed E-state index contributed by atoms with van der Waals surface area (Å²) in [5, 5.41) is 4.58. The number of nitrogens with one attached hydrogen (secondary N) is 1. The molecule has 1 atom stereocenters. The van der Waals surface area contributed by atoms with Gasteiger partial charge in [-0.05, 0) is 41.3 Å². The fourth-order valence-corrected chi connectivity index (χ4v) is 4.08. The molecular formula is C20H16ClNO2S2. The summed E-state index contributed by atoms with van der Waals surface area (Å²) in [7, 11) is 0. The van der Waals surface area contributed by atoms with E-state index in [-0.39, 0.29) is 11.7 Å². The van der Waals surface area contributed by atoms with Gasteiger partial charge < -0.3 is 5.32 Å². The summed E-state index contributed by atoms with van der Waals surface area (Å²) in [5.41, 5.74) is 1.61. The van der Waals surface area contributed by atoms with E-state index < -0.39 is 5.37 Å². The SMILES string of the molecule is O=C(NC(SCc1ccccc1)C(=O)c1ccc(Cl)cc1)c1cccs1. The van der Waals surface area contributed by atoms with Crippen LogP contribution in [0.25, 0.3) is 0 Å². The van der Waals surface area contributed by atoms with E-state index in [0.29, 0.717) is 21.2 Å². The van der Waals surface area contributed by atoms with Gasteiger partial charge in [0.1, 0.15) is 5.37 Å². The zero-order valence-corrected chi connectivity index (χ0v) is 16.1. The van der Waals surface area contributed by atoms with Gasteiger partial charge in [-0.1, -0.05) is 48.0 Å². The molecule has 0 spiro atoms. The Bertz CT molecular complexity index is 865. The van der Waals surface area contributed by atoms with Gasteiger partial charge in [0.05, 0.1) is 4.88 Å². The van der Waals surface area contributed by atoms with Gasteiger partial charge in [-0.2, -0.15) is 0 Å². The second kappa shape index (κ2) is 9.03. The summed E-state index contributed by atoms with van der Waals surface area (Å²) in [6.07, 6.45) is 0. The van der Waals surface area contributed by atoms with E-state index in [4.69, 9.17) is 11.6 Å². The Morgan fingerprint density at radius 1 is 1.00 bits per heavy atom. The molecule has 0 saturated heterocycles. The van der Waals surface area contributed by atoms with Gasteiger partial charge in [-0.3, -0.25) is 9.59 Å². The molecule has 3 nitrogen and oxygen atoms in total. The topological polar surface area (TPSA) is 46.2 Å². The standard InChI is InChI=1S/C20H16ClNO2S2/c21-16-10-8-15(9-11-16)18(23)20(22-19(24)17-7-4-12-25-17)26-13-14-5-2-1-3-6-14/h1-12,20H,13H2,(H,22,24). The van der Waals surface area contributed by atoms with Crippen molar-refractivity contribution in [2.24, 2.45) is 0 Å². The van der Waals surface area contributed by atoms with Crippen LogP contribution in [0.4, 0.5) is 0 Å². The van der Waals surface area contributed by atoms with Crippen molar-refractivity contribution in [3.63, 3.8) is 0 Å². The lowest BCUT2D eigenvalue weighted by Gasteiger charge is -2.17. The van der Waals surface area contributed by atoms with Crippen molar-refractivity contribution in [2.75, 3.05) is 0 Å². The molecule has 6 heteroatoms. The van der Waals surface area contributed by atoms with Gasteiger partial charge in [0.25, 0.3) is 5.91 Å². The first kappa shape index (κ1) is 18.7. The number of carbonyl (C=O) groups excluding carboxylic acids is 2. The first-order valence-corrected chi connectivity index (χ1v) is 10.2. The van der Waals surface area contributed by atoms with E-state index in [9.17, 15) is 9.59 Å². The quantitative estimate of drug-likeness (QED) is 0.433. The van der Waals surface area contributed by atoms with Crippen molar-refractivity contribution in [3.05, 3.63) is 93.1 Å². The average Bonchev–Trinajstić information content (AvgIpc) is 3.21. The smallest absolute Gasteiger partial charge is 0.262 e. The van der Waals surface area contributed by atoms with Gasteiger partial charge in [0.2, 0.25) is 0 Å². The summed E-state index contributed by atoms with van der Waals surface area (Å²) in [6, 6.07) is 20.1. The van der Waals surface area contributed by atoms with Crippen LogP contribution >= 0.6 is 34.7 Å². The lowest BCUT2D eigenvalue weighted by Crippen LogP contribution is -2.38. The summed E-state index contributed by atoms with van der Waals surface area (Å²) < 4.78 is 0. The monoisotopic (exact) mass is 401 g/mol. The molecule has 1 aromatic heterocycles. The number of hydrogen-bond donors (Lipinski definition) is 1. The molecule has 0 saturated carbocycles. The Balaban J connectivity index is 1.76. The Kier molecular flexibility index (Phi) is 6.50. The van der Waals surface area contributed by atoms with Crippen molar-refractivity contribution in [3.8, 4) is 0 Å². The van der Waals surface area contributed by atoms with Gasteiger partial charge in [0, 0.05) is 16.3 Å². The molecule has 0 fully saturated rings. The molecule has 1 N–H and O–H groups in total. The van der Waals surface area contributed by atoms with E-state index in [0.717, 1.165) is 5.56 Å². The highest BCUT2D eigenvalue weighted by Crippen LogP contribution is 2.22. The number of thioether (sulfide) groups is 1. The van der Waals surface area contributed by atoms with E-state index in [2.05, 4.69) is 5.32 Å². The summed E-state index contributed by atoms with van der Waals surface area (Å²) in [4.78, 5) is 25.9. The molecule has 1 heterocycles.